The fraction of sp³-hybridized carbons (Fsp3) is 0.0769. The van der Waals surface area contributed by atoms with E-state index >= 15 is 0 Å². The first-order chi connectivity index (χ1) is 9.44. The number of benzene rings is 2. The first-order valence-corrected chi connectivity index (χ1v) is 7.56. The van der Waals surface area contributed by atoms with E-state index in [9.17, 15) is 12.8 Å². The van der Waals surface area contributed by atoms with Crippen molar-refractivity contribution in [1.82, 2.24) is 0 Å². The third-order valence-electron chi connectivity index (χ3n) is 2.67. The van der Waals surface area contributed by atoms with Gasteiger partial charge in [0.25, 0.3) is 10.0 Å². The zero-order valence-electron chi connectivity index (χ0n) is 10.3. The number of hydrogen-bond acceptors (Lipinski definition) is 3. The van der Waals surface area contributed by atoms with Gasteiger partial charge in [-0.2, -0.15) is 0 Å². The molecule has 0 heterocycles. The Hall–Kier alpha value is -1.63. The number of rotatable bonds is 4. The lowest BCUT2D eigenvalue weighted by molar-refractivity contribution is 0.598. The smallest absolute Gasteiger partial charge is 0.261 e. The Bertz CT molecular complexity index is 718. The summed E-state index contributed by atoms with van der Waals surface area (Å²) in [5, 5.41) is -0.149. The molecule has 4 nitrogen and oxygen atoms in total. The van der Waals surface area contributed by atoms with Crippen LogP contribution in [0.3, 0.4) is 0 Å². The number of anilines is 1. The third kappa shape index (κ3) is 3.09. The molecule has 0 aliphatic carbocycles. The molecule has 0 aliphatic heterocycles. The Morgan fingerprint density at radius 2 is 1.80 bits per heavy atom. The molecule has 0 saturated heterocycles. The van der Waals surface area contributed by atoms with Crippen LogP contribution in [0.1, 0.15) is 5.56 Å². The van der Waals surface area contributed by atoms with Crippen molar-refractivity contribution in [1.29, 1.82) is 0 Å². The second kappa shape index (κ2) is 5.78. The predicted molar refractivity (Wildman–Crippen MR) is 76.6 cm³/mol. The van der Waals surface area contributed by atoms with Gasteiger partial charge in [-0.05, 0) is 29.8 Å². The predicted octanol–water partition coefficient (Wildman–Crippen LogP) is 2.74. The average molecular weight is 315 g/mol. The molecule has 0 fully saturated rings. The van der Waals surface area contributed by atoms with Gasteiger partial charge in [-0.3, -0.25) is 4.72 Å². The minimum Gasteiger partial charge on any atom is -0.326 e. The van der Waals surface area contributed by atoms with Crippen LogP contribution in [-0.4, -0.2) is 8.42 Å². The molecule has 0 spiro atoms. The van der Waals surface area contributed by atoms with E-state index in [2.05, 4.69) is 4.72 Å². The van der Waals surface area contributed by atoms with Crippen molar-refractivity contribution >= 4 is 27.3 Å². The Morgan fingerprint density at radius 1 is 1.15 bits per heavy atom. The van der Waals surface area contributed by atoms with E-state index in [1.54, 1.807) is 12.1 Å². The van der Waals surface area contributed by atoms with Crippen molar-refractivity contribution in [3.05, 3.63) is 58.9 Å². The van der Waals surface area contributed by atoms with Crippen molar-refractivity contribution < 1.29 is 12.8 Å². The van der Waals surface area contributed by atoms with Crippen molar-refractivity contribution in [3.63, 3.8) is 0 Å². The van der Waals surface area contributed by atoms with E-state index in [1.807, 2.05) is 0 Å². The lowest BCUT2D eigenvalue weighted by atomic mass is 10.2. The molecule has 2 aromatic rings. The summed E-state index contributed by atoms with van der Waals surface area (Å²) in [5.74, 6) is -0.809. The molecule has 0 amide bonds. The number of hydrogen-bond donors (Lipinski definition) is 2. The molecule has 0 aliphatic rings. The minimum atomic E-state index is -3.87. The average Bonchev–Trinajstić information content (AvgIpc) is 2.44. The lowest BCUT2D eigenvalue weighted by Crippen LogP contribution is -2.14. The van der Waals surface area contributed by atoms with Gasteiger partial charge in [0.15, 0.2) is 5.82 Å². The van der Waals surface area contributed by atoms with E-state index in [0.29, 0.717) is 6.54 Å². The third-order valence-corrected chi connectivity index (χ3v) is 4.34. The summed E-state index contributed by atoms with van der Waals surface area (Å²) in [6.07, 6.45) is 0. The van der Waals surface area contributed by atoms with E-state index in [-0.39, 0.29) is 15.6 Å². The summed E-state index contributed by atoms with van der Waals surface area (Å²) in [6.45, 7) is 0.316. The van der Waals surface area contributed by atoms with Crippen LogP contribution < -0.4 is 10.5 Å². The summed E-state index contributed by atoms with van der Waals surface area (Å²) < 4.78 is 40.1. The monoisotopic (exact) mass is 314 g/mol. The van der Waals surface area contributed by atoms with Crippen molar-refractivity contribution in [2.75, 3.05) is 4.72 Å². The van der Waals surface area contributed by atoms with Crippen molar-refractivity contribution in [3.8, 4) is 0 Å². The summed E-state index contributed by atoms with van der Waals surface area (Å²) in [6, 6.07) is 10.1. The normalized spacial score (nSPS) is 11.3. The van der Waals surface area contributed by atoms with Gasteiger partial charge >= 0.3 is 0 Å². The van der Waals surface area contributed by atoms with E-state index < -0.39 is 15.8 Å². The zero-order valence-corrected chi connectivity index (χ0v) is 11.9. The van der Waals surface area contributed by atoms with Crippen molar-refractivity contribution in [2.45, 2.75) is 11.4 Å². The van der Waals surface area contributed by atoms with Gasteiger partial charge in [-0.25, -0.2) is 12.8 Å². The Morgan fingerprint density at radius 3 is 2.40 bits per heavy atom. The molecule has 106 valence electrons. The number of halogens is 2. The first kappa shape index (κ1) is 14.8. The maximum atomic E-state index is 13.7. The van der Waals surface area contributed by atoms with Gasteiger partial charge in [0, 0.05) is 6.54 Å². The number of sulfonamides is 1. The molecule has 2 aromatic carbocycles. The quantitative estimate of drug-likeness (QED) is 0.911. The van der Waals surface area contributed by atoms with Crippen LogP contribution in [-0.2, 0) is 16.6 Å². The SMILES string of the molecule is NCc1ccc(S(=O)(=O)Nc2cccc(Cl)c2F)cc1. The maximum absolute atomic E-state index is 13.7. The molecular weight excluding hydrogens is 303 g/mol. The van der Waals surface area contributed by atoms with Crippen LogP contribution in [0, 0.1) is 5.82 Å². The van der Waals surface area contributed by atoms with E-state index in [1.165, 1.54) is 30.3 Å². The van der Waals surface area contributed by atoms with Gasteiger partial charge in [0.05, 0.1) is 15.6 Å². The van der Waals surface area contributed by atoms with E-state index in [4.69, 9.17) is 17.3 Å². The molecule has 0 atom stereocenters. The highest BCUT2D eigenvalue weighted by molar-refractivity contribution is 7.92. The molecule has 20 heavy (non-hydrogen) atoms. The highest BCUT2D eigenvalue weighted by Gasteiger charge is 2.17. The topological polar surface area (TPSA) is 72.2 Å². The number of nitrogens with two attached hydrogens (primary N) is 1. The Balaban J connectivity index is 2.33. The standard InChI is InChI=1S/C13H12ClFN2O2S/c14-11-2-1-3-12(13(11)15)17-20(18,19)10-6-4-9(8-16)5-7-10/h1-7,17H,8,16H2. The van der Waals surface area contributed by atoms with Crippen LogP contribution in [0.4, 0.5) is 10.1 Å². The summed E-state index contributed by atoms with van der Waals surface area (Å²) in [4.78, 5) is 0.0223. The number of nitrogens with one attached hydrogen (secondary N) is 1. The lowest BCUT2D eigenvalue weighted by Gasteiger charge is -2.10. The molecule has 0 aromatic heterocycles. The Kier molecular flexibility index (Phi) is 4.27. The van der Waals surface area contributed by atoms with Crippen LogP contribution in [0.15, 0.2) is 47.4 Å². The fourth-order valence-corrected chi connectivity index (χ4v) is 2.82. The van der Waals surface area contributed by atoms with Crippen LogP contribution in [0.5, 0.6) is 0 Å². The highest BCUT2D eigenvalue weighted by Crippen LogP contribution is 2.24. The second-order valence-electron chi connectivity index (χ2n) is 4.05. The van der Waals surface area contributed by atoms with Crippen LogP contribution >= 0.6 is 11.6 Å². The molecule has 0 radical (unpaired) electrons. The second-order valence-corrected chi connectivity index (χ2v) is 6.14. The molecule has 2 rings (SSSR count). The maximum Gasteiger partial charge on any atom is 0.261 e. The Labute approximate surface area is 121 Å². The van der Waals surface area contributed by atoms with Crippen LogP contribution in [0.25, 0.3) is 0 Å². The summed E-state index contributed by atoms with van der Waals surface area (Å²) >= 11 is 5.60. The van der Waals surface area contributed by atoms with Crippen molar-refractivity contribution in [2.24, 2.45) is 5.73 Å². The highest BCUT2D eigenvalue weighted by atomic mass is 35.5. The van der Waals surface area contributed by atoms with Crippen LogP contribution in [0.2, 0.25) is 5.02 Å². The zero-order chi connectivity index (χ0) is 14.8. The minimum absolute atomic E-state index is 0.0223. The molecule has 0 unspecified atom stereocenters. The molecule has 7 heteroatoms. The summed E-state index contributed by atoms with van der Waals surface area (Å²) in [5.41, 5.74) is 6.05. The molecular formula is C13H12ClFN2O2S. The summed E-state index contributed by atoms with van der Waals surface area (Å²) in [7, 11) is -3.87. The van der Waals surface area contributed by atoms with Gasteiger partial charge in [0.1, 0.15) is 0 Å². The first-order valence-electron chi connectivity index (χ1n) is 5.70. The molecule has 0 saturated carbocycles. The van der Waals surface area contributed by atoms with Gasteiger partial charge < -0.3 is 5.73 Å². The van der Waals surface area contributed by atoms with Gasteiger partial charge in [-0.1, -0.05) is 29.8 Å². The molecule has 3 N–H and O–H groups in total. The van der Waals surface area contributed by atoms with Gasteiger partial charge in [0.2, 0.25) is 0 Å². The molecule has 0 bridgehead atoms. The largest absolute Gasteiger partial charge is 0.326 e. The van der Waals surface area contributed by atoms with E-state index in [0.717, 1.165) is 5.56 Å². The van der Waals surface area contributed by atoms with Gasteiger partial charge in [-0.15, -0.1) is 0 Å². The fourth-order valence-electron chi connectivity index (χ4n) is 1.59.